The largest absolute Gasteiger partial charge is 0.465 e. The van der Waals surface area contributed by atoms with Crippen molar-refractivity contribution in [3.05, 3.63) is 54.0 Å². The highest BCUT2D eigenvalue weighted by Gasteiger charge is 2.24. The normalized spacial score (nSPS) is 18.8. The summed E-state index contributed by atoms with van der Waals surface area (Å²) < 4.78 is 19.6. The van der Waals surface area contributed by atoms with Gasteiger partial charge in [0.1, 0.15) is 11.4 Å². The number of aromatic nitrogens is 2. The van der Waals surface area contributed by atoms with E-state index >= 15 is 0 Å². The Morgan fingerprint density at radius 2 is 1.97 bits per heavy atom. The summed E-state index contributed by atoms with van der Waals surface area (Å²) in [5.41, 5.74) is 1.54. The first kappa shape index (κ1) is 20.1. The van der Waals surface area contributed by atoms with Crippen LogP contribution in [0.1, 0.15) is 43.0 Å². The smallest absolute Gasteiger partial charge is 0.341 e. The molecule has 0 amide bonds. The molecule has 7 heteroatoms. The molecule has 1 aliphatic carbocycles. The maximum absolute atomic E-state index is 14.8. The Morgan fingerprint density at radius 3 is 2.77 bits per heavy atom. The predicted octanol–water partition coefficient (Wildman–Crippen LogP) is 5.29. The van der Waals surface area contributed by atoms with Crippen molar-refractivity contribution in [1.29, 1.82) is 0 Å². The fraction of sp³-hybridized carbons (Fsp3) is 0.348. The van der Waals surface area contributed by atoms with E-state index < -0.39 is 11.8 Å². The zero-order valence-corrected chi connectivity index (χ0v) is 17.1. The van der Waals surface area contributed by atoms with Gasteiger partial charge >= 0.3 is 5.97 Å². The van der Waals surface area contributed by atoms with E-state index in [9.17, 15) is 9.18 Å². The SMILES string of the molecule is COC(=O)c1cc(F)c(N[C@@H]2CCCC[C@@H]2C)nc1Nc1cnc2ccccc2c1. The lowest BCUT2D eigenvalue weighted by Gasteiger charge is -2.30. The fourth-order valence-corrected chi connectivity index (χ4v) is 3.93. The number of nitrogens with one attached hydrogen (secondary N) is 2. The number of ether oxygens (including phenoxy) is 1. The van der Waals surface area contributed by atoms with Gasteiger partial charge in [-0.25, -0.2) is 14.2 Å². The zero-order chi connectivity index (χ0) is 21.1. The lowest BCUT2D eigenvalue weighted by atomic mass is 9.86. The summed E-state index contributed by atoms with van der Waals surface area (Å²) in [5, 5.41) is 7.30. The number of methoxy groups -OCH3 is 1. The molecule has 6 nitrogen and oxygen atoms in total. The number of carbonyl (C=O) groups is 1. The van der Waals surface area contributed by atoms with Crippen LogP contribution in [0.3, 0.4) is 0 Å². The van der Waals surface area contributed by atoms with Crippen molar-refractivity contribution in [2.75, 3.05) is 17.7 Å². The molecule has 0 radical (unpaired) electrons. The maximum Gasteiger partial charge on any atom is 0.341 e. The summed E-state index contributed by atoms with van der Waals surface area (Å²) in [6, 6.07) is 10.9. The van der Waals surface area contributed by atoms with Crippen molar-refractivity contribution >= 4 is 34.2 Å². The molecule has 1 aromatic carbocycles. The molecule has 0 aliphatic heterocycles. The minimum atomic E-state index is -0.657. The van der Waals surface area contributed by atoms with E-state index in [1.807, 2.05) is 30.3 Å². The van der Waals surface area contributed by atoms with Crippen LogP contribution in [0, 0.1) is 11.7 Å². The third-order valence-electron chi connectivity index (χ3n) is 5.67. The Bertz CT molecular complexity index is 1070. The highest BCUT2D eigenvalue weighted by Crippen LogP contribution is 2.30. The number of esters is 1. The minimum Gasteiger partial charge on any atom is -0.465 e. The van der Waals surface area contributed by atoms with E-state index in [1.54, 1.807) is 6.20 Å². The summed E-state index contributed by atoms with van der Waals surface area (Å²) in [6.07, 6.45) is 6.03. The third-order valence-corrected chi connectivity index (χ3v) is 5.67. The lowest BCUT2D eigenvalue weighted by molar-refractivity contribution is 0.0601. The molecule has 1 aliphatic rings. The molecular weight excluding hydrogens is 383 g/mol. The van der Waals surface area contributed by atoms with Crippen molar-refractivity contribution < 1.29 is 13.9 Å². The van der Waals surface area contributed by atoms with Gasteiger partial charge in [-0.15, -0.1) is 0 Å². The summed E-state index contributed by atoms with van der Waals surface area (Å²) in [4.78, 5) is 21.1. The average Bonchev–Trinajstić information content (AvgIpc) is 2.76. The van der Waals surface area contributed by atoms with Gasteiger partial charge in [0.2, 0.25) is 0 Å². The number of halogens is 1. The molecule has 3 aromatic rings. The molecule has 4 rings (SSSR count). The molecule has 1 saturated carbocycles. The van der Waals surface area contributed by atoms with E-state index in [2.05, 4.69) is 27.5 Å². The number of hydrogen-bond acceptors (Lipinski definition) is 6. The van der Waals surface area contributed by atoms with Gasteiger partial charge in [0.05, 0.1) is 24.5 Å². The second-order valence-electron chi connectivity index (χ2n) is 7.76. The summed E-state index contributed by atoms with van der Waals surface area (Å²) >= 11 is 0. The Kier molecular flexibility index (Phi) is 5.79. The molecule has 2 N–H and O–H groups in total. The van der Waals surface area contributed by atoms with Crippen LogP contribution < -0.4 is 10.6 Å². The van der Waals surface area contributed by atoms with Crippen LogP contribution in [0.25, 0.3) is 10.9 Å². The Labute approximate surface area is 174 Å². The Morgan fingerprint density at radius 1 is 1.17 bits per heavy atom. The van der Waals surface area contributed by atoms with Gasteiger partial charge in [-0.1, -0.05) is 38.0 Å². The van der Waals surface area contributed by atoms with E-state index in [1.165, 1.54) is 19.6 Å². The number of rotatable bonds is 5. The number of benzene rings is 1. The number of hydrogen-bond donors (Lipinski definition) is 2. The quantitative estimate of drug-likeness (QED) is 0.559. The summed E-state index contributed by atoms with van der Waals surface area (Å²) in [6.45, 7) is 2.16. The molecule has 2 atom stereocenters. The van der Waals surface area contributed by atoms with Crippen molar-refractivity contribution in [1.82, 2.24) is 9.97 Å². The summed E-state index contributed by atoms with van der Waals surface area (Å²) in [5.74, 6) is -0.434. The van der Waals surface area contributed by atoms with Gasteiger partial charge in [-0.3, -0.25) is 4.98 Å². The van der Waals surface area contributed by atoms with E-state index in [-0.39, 0.29) is 23.2 Å². The van der Waals surface area contributed by atoms with Crippen LogP contribution in [0.5, 0.6) is 0 Å². The topological polar surface area (TPSA) is 76.1 Å². The number of anilines is 3. The number of para-hydroxylation sites is 1. The number of pyridine rings is 2. The van der Waals surface area contributed by atoms with E-state index in [0.29, 0.717) is 11.6 Å². The number of fused-ring (bicyclic) bond motifs is 1. The predicted molar refractivity (Wildman–Crippen MR) is 116 cm³/mol. The monoisotopic (exact) mass is 408 g/mol. The van der Waals surface area contributed by atoms with Crippen LogP contribution >= 0.6 is 0 Å². The van der Waals surface area contributed by atoms with Gasteiger partial charge in [-0.05, 0) is 37.0 Å². The third kappa shape index (κ3) is 4.20. The highest BCUT2D eigenvalue weighted by molar-refractivity contribution is 5.96. The fourth-order valence-electron chi connectivity index (χ4n) is 3.93. The van der Waals surface area contributed by atoms with Crippen molar-refractivity contribution in [3.8, 4) is 0 Å². The molecule has 30 heavy (non-hydrogen) atoms. The van der Waals surface area contributed by atoms with Crippen LogP contribution in [-0.2, 0) is 4.74 Å². The van der Waals surface area contributed by atoms with Crippen molar-refractivity contribution in [3.63, 3.8) is 0 Å². The second kappa shape index (κ2) is 8.65. The first-order chi connectivity index (χ1) is 14.5. The van der Waals surface area contributed by atoms with E-state index in [4.69, 9.17) is 4.74 Å². The molecule has 2 aromatic heterocycles. The van der Waals surface area contributed by atoms with Crippen molar-refractivity contribution in [2.24, 2.45) is 5.92 Å². The molecule has 156 valence electrons. The van der Waals surface area contributed by atoms with Crippen LogP contribution in [0.2, 0.25) is 0 Å². The average molecular weight is 408 g/mol. The van der Waals surface area contributed by atoms with Gasteiger partial charge in [-0.2, -0.15) is 0 Å². The molecule has 0 bridgehead atoms. The van der Waals surface area contributed by atoms with Gasteiger partial charge in [0, 0.05) is 11.4 Å². The second-order valence-corrected chi connectivity index (χ2v) is 7.76. The molecule has 0 unspecified atom stereocenters. The lowest BCUT2D eigenvalue weighted by Crippen LogP contribution is -2.31. The van der Waals surface area contributed by atoms with Crippen molar-refractivity contribution in [2.45, 2.75) is 38.6 Å². The van der Waals surface area contributed by atoms with Gasteiger partial charge in [0.15, 0.2) is 11.6 Å². The van der Waals surface area contributed by atoms with Crippen LogP contribution in [-0.4, -0.2) is 29.1 Å². The zero-order valence-electron chi connectivity index (χ0n) is 17.1. The highest BCUT2D eigenvalue weighted by atomic mass is 19.1. The summed E-state index contributed by atoms with van der Waals surface area (Å²) in [7, 11) is 1.26. The standard InChI is InChI=1S/C23H25FN4O2/c1-14-7-3-5-9-19(14)27-22-18(24)12-17(23(29)30-2)21(28-22)26-16-11-15-8-4-6-10-20(15)25-13-16/h4,6,8,10-14,19H,3,5,7,9H2,1-2H3,(H2,26,27,28)/t14-,19+/m0/s1. The molecule has 2 heterocycles. The first-order valence-electron chi connectivity index (χ1n) is 10.2. The molecule has 0 saturated heterocycles. The number of carbonyl (C=O) groups excluding carboxylic acids is 1. The molecule has 1 fully saturated rings. The van der Waals surface area contributed by atoms with Gasteiger partial charge in [0.25, 0.3) is 0 Å². The minimum absolute atomic E-state index is 0.0328. The van der Waals surface area contributed by atoms with Gasteiger partial charge < -0.3 is 15.4 Å². The first-order valence-corrected chi connectivity index (χ1v) is 10.2. The van der Waals surface area contributed by atoms with Crippen LogP contribution in [0.15, 0.2) is 42.6 Å². The number of nitrogens with zero attached hydrogens (tertiary/aromatic N) is 2. The van der Waals surface area contributed by atoms with E-state index in [0.717, 1.165) is 30.2 Å². The molecular formula is C23H25FN4O2. The van der Waals surface area contributed by atoms with Crippen LogP contribution in [0.4, 0.5) is 21.7 Å². The molecule has 0 spiro atoms. The Balaban J connectivity index is 1.68. The Hall–Kier alpha value is -3.22. The maximum atomic E-state index is 14.8.